The summed E-state index contributed by atoms with van der Waals surface area (Å²) >= 11 is 1.60. The summed E-state index contributed by atoms with van der Waals surface area (Å²) in [6, 6.07) is 9.67. The molecule has 0 aliphatic heterocycles. The smallest absolute Gasteiger partial charge is 0.248 e. The van der Waals surface area contributed by atoms with Crippen molar-refractivity contribution in [3.05, 3.63) is 70.4 Å². The molecule has 1 aromatic carbocycles. The van der Waals surface area contributed by atoms with Crippen molar-refractivity contribution < 1.29 is 9.53 Å². The average Bonchev–Trinajstić information content (AvgIpc) is 3.37. The Balaban J connectivity index is 1.38. The van der Waals surface area contributed by atoms with Crippen molar-refractivity contribution in [3.63, 3.8) is 0 Å². The van der Waals surface area contributed by atoms with E-state index in [9.17, 15) is 4.79 Å². The molecule has 0 radical (unpaired) electrons. The zero-order chi connectivity index (χ0) is 21.8. The third-order valence-electron chi connectivity index (χ3n) is 4.53. The maximum Gasteiger partial charge on any atom is 0.248 e. The number of ether oxygens (including phenoxy) is 1. The molecule has 0 spiro atoms. The molecule has 0 saturated carbocycles. The zero-order valence-corrected chi connectivity index (χ0v) is 18.4. The van der Waals surface area contributed by atoms with Crippen molar-refractivity contribution >= 4 is 40.0 Å². The fraction of sp³-hybridized carbons (Fsp3) is 0.217. The third kappa shape index (κ3) is 5.16. The van der Waals surface area contributed by atoms with Crippen molar-refractivity contribution in [1.82, 2.24) is 19.7 Å². The van der Waals surface area contributed by atoms with Crippen LogP contribution in [0.5, 0.6) is 5.75 Å². The zero-order valence-electron chi connectivity index (χ0n) is 17.6. The third-order valence-corrected chi connectivity index (χ3v) is 5.35. The summed E-state index contributed by atoms with van der Waals surface area (Å²) in [6.07, 6.45) is 6.64. The highest BCUT2D eigenvalue weighted by Gasteiger charge is 2.08. The molecular formula is C23H23N5O2S. The predicted octanol–water partition coefficient (Wildman–Crippen LogP) is 5.01. The van der Waals surface area contributed by atoms with E-state index in [1.807, 2.05) is 47.3 Å². The largest absolute Gasteiger partial charge is 0.487 e. The number of anilines is 1. The maximum atomic E-state index is 12.3. The molecule has 4 aromatic rings. The number of hydrogen-bond donors (Lipinski definition) is 1. The van der Waals surface area contributed by atoms with E-state index in [-0.39, 0.29) is 11.9 Å². The number of amides is 1. The minimum atomic E-state index is -0.235. The van der Waals surface area contributed by atoms with Gasteiger partial charge in [0, 0.05) is 22.9 Å². The maximum absolute atomic E-state index is 12.3. The number of pyridine rings is 1. The summed E-state index contributed by atoms with van der Waals surface area (Å²) in [5.41, 5.74) is 3.20. The Bertz CT molecular complexity index is 1240. The topological polar surface area (TPSA) is 81.9 Å². The van der Waals surface area contributed by atoms with Crippen molar-refractivity contribution in [2.24, 2.45) is 0 Å². The number of aromatic nitrogens is 4. The van der Waals surface area contributed by atoms with Crippen molar-refractivity contribution in [2.45, 2.75) is 33.4 Å². The minimum Gasteiger partial charge on any atom is -0.487 e. The van der Waals surface area contributed by atoms with Crippen LogP contribution in [0, 0.1) is 6.92 Å². The van der Waals surface area contributed by atoms with Crippen LogP contribution in [0.15, 0.2) is 54.2 Å². The first-order valence-electron chi connectivity index (χ1n) is 9.94. The summed E-state index contributed by atoms with van der Waals surface area (Å²) in [7, 11) is 0. The summed E-state index contributed by atoms with van der Waals surface area (Å²) in [6.45, 7) is 6.49. The molecule has 3 aromatic heterocycles. The van der Waals surface area contributed by atoms with Crippen LogP contribution in [0.25, 0.3) is 17.1 Å². The van der Waals surface area contributed by atoms with Crippen molar-refractivity contribution in [1.29, 1.82) is 0 Å². The van der Waals surface area contributed by atoms with E-state index in [1.54, 1.807) is 29.8 Å². The molecule has 4 rings (SSSR count). The first-order chi connectivity index (χ1) is 15.0. The number of carbonyl (C=O) groups excluding carboxylic acids is 1. The van der Waals surface area contributed by atoms with Gasteiger partial charge in [-0.25, -0.2) is 14.6 Å². The Hall–Kier alpha value is -3.52. The van der Waals surface area contributed by atoms with Crippen LogP contribution in [-0.2, 0) is 11.4 Å². The van der Waals surface area contributed by atoms with E-state index in [4.69, 9.17) is 4.74 Å². The Morgan fingerprint density at radius 1 is 1.29 bits per heavy atom. The van der Waals surface area contributed by atoms with Crippen LogP contribution in [0.3, 0.4) is 0 Å². The lowest BCUT2D eigenvalue weighted by Gasteiger charge is -2.07. The number of carbonyl (C=O) groups is 1. The van der Waals surface area contributed by atoms with E-state index in [0.29, 0.717) is 12.3 Å². The quantitative estimate of drug-likeness (QED) is 0.414. The molecule has 31 heavy (non-hydrogen) atoms. The molecular weight excluding hydrogens is 410 g/mol. The molecule has 7 nitrogen and oxygen atoms in total. The molecule has 0 aliphatic rings. The molecule has 0 fully saturated rings. The van der Waals surface area contributed by atoms with Gasteiger partial charge in [-0.2, -0.15) is 5.10 Å². The Kier molecular flexibility index (Phi) is 6.08. The number of rotatable bonds is 7. The second-order valence-corrected chi connectivity index (χ2v) is 8.42. The molecule has 3 heterocycles. The van der Waals surface area contributed by atoms with Crippen LogP contribution in [-0.4, -0.2) is 25.7 Å². The molecule has 1 N–H and O–H groups in total. The Morgan fingerprint density at radius 2 is 2.16 bits per heavy atom. The lowest BCUT2D eigenvalue weighted by atomic mass is 10.2. The van der Waals surface area contributed by atoms with Gasteiger partial charge in [0.1, 0.15) is 12.4 Å². The first kappa shape index (κ1) is 20.7. The lowest BCUT2D eigenvalue weighted by Crippen LogP contribution is -2.08. The summed E-state index contributed by atoms with van der Waals surface area (Å²) in [4.78, 5) is 21.2. The molecule has 0 atom stereocenters. The predicted molar refractivity (Wildman–Crippen MR) is 123 cm³/mol. The average molecular weight is 434 g/mol. The molecule has 0 bridgehead atoms. The SMILES string of the molecule is Cc1nc(COc2cccc(/C=C/C(=O)Nc3cnc4c(cnn4C(C)C)c3)c2)cs1. The minimum absolute atomic E-state index is 0.221. The van der Waals surface area contributed by atoms with E-state index in [1.165, 1.54) is 6.08 Å². The van der Waals surface area contributed by atoms with Gasteiger partial charge in [0.2, 0.25) is 5.91 Å². The summed E-state index contributed by atoms with van der Waals surface area (Å²) < 4.78 is 7.65. The number of thiazole rings is 1. The van der Waals surface area contributed by atoms with Crippen molar-refractivity contribution in [2.75, 3.05) is 5.32 Å². The number of aryl methyl sites for hydroxylation is 1. The Morgan fingerprint density at radius 3 is 2.94 bits per heavy atom. The van der Waals surface area contributed by atoms with Gasteiger partial charge < -0.3 is 10.1 Å². The highest BCUT2D eigenvalue weighted by Crippen LogP contribution is 2.20. The van der Waals surface area contributed by atoms with Gasteiger partial charge in [-0.3, -0.25) is 4.79 Å². The number of fused-ring (bicyclic) bond motifs is 1. The monoisotopic (exact) mass is 433 g/mol. The lowest BCUT2D eigenvalue weighted by molar-refractivity contribution is -0.111. The van der Waals surface area contributed by atoms with Gasteiger partial charge in [0.05, 0.1) is 28.8 Å². The van der Waals surface area contributed by atoms with Crippen molar-refractivity contribution in [3.8, 4) is 5.75 Å². The Labute approximate surface area is 184 Å². The summed E-state index contributed by atoms with van der Waals surface area (Å²) in [5.74, 6) is 0.492. The standard InChI is InChI=1S/C23H23N5O2S/c1-15(2)28-23-18(11-25-28)10-19(12-24-23)27-22(29)8-7-17-5-4-6-21(9-17)30-13-20-14-31-16(3)26-20/h4-12,14-15H,13H2,1-3H3,(H,27,29)/b8-7+. The number of nitrogens with one attached hydrogen (secondary N) is 1. The van der Waals surface area contributed by atoms with E-state index >= 15 is 0 Å². The van der Waals surface area contributed by atoms with Gasteiger partial charge in [0.25, 0.3) is 0 Å². The number of hydrogen-bond acceptors (Lipinski definition) is 6. The van der Waals surface area contributed by atoms with Crippen LogP contribution in [0.1, 0.15) is 36.2 Å². The van der Waals surface area contributed by atoms with Crippen LogP contribution < -0.4 is 10.1 Å². The fourth-order valence-electron chi connectivity index (χ4n) is 3.08. The second-order valence-electron chi connectivity index (χ2n) is 7.36. The van der Waals surface area contributed by atoms with E-state index < -0.39 is 0 Å². The molecule has 8 heteroatoms. The highest BCUT2D eigenvalue weighted by atomic mass is 32.1. The number of nitrogens with zero attached hydrogens (tertiary/aromatic N) is 4. The van der Waals surface area contributed by atoms with Crippen LogP contribution in [0.4, 0.5) is 5.69 Å². The molecule has 158 valence electrons. The molecule has 0 unspecified atom stereocenters. The fourth-order valence-corrected chi connectivity index (χ4v) is 3.68. The highest BCUT2D eigenvalue weighted by molar-refractivity contribution is 7.09. The van der Waals surface area contributed by atoms with Gasteiger partial charge in [-0.05, 0) is 50.6 Å². The molecule has 1 amide bonds. The van der Waals surface area contributed by atoms with Gasteiger partial charge in [-0.15, -0.1) is 11.3 Å². The van der Waals surface area contributed by atoms with E-state index in [0.717, 1.165) is 33.0 Å². The van der Waals surface area contributed by atoms with Gasteiger partial charge in [0.15, 0.2) is 5.65 Å². The van der Waals surface area contributed by atoms with Gasteiger partial charge in [-0.1, -0.05) is 12.1 Å². The summed E-state index contributed by atoms with van der Waals surface area (Å²) in [5, 5.41) is 11.1. The second kappa shape index (κ2) is 9.09. The van der Waals surface area contributed by atoms with Gasteiger partial charge >= 0.3 is 0 Å². The first-order valence-corrected chi connectivity index (χ1v) is 10.8. The molecule has 0 aliphatic carbocycles. The molecule has 0 saturated heterocycles. The normalized spacial score (nSPS) is 11.5. The number of benzene rings is 1. The van der Waals surface area contributed by atoms with Crippen LogP contribution >= 0.6 is 11.3 Å². The van der Waals surface area contributed by atoms with Crippen LogP contribution in [0.2, 0.25) is 0 Å². The van der Waals surface area contributed by atoms with E-state index in [2.05, 4.69) is 34.2 Å².